The fraction of sp³-hybridized carbons (Fsp3) is 0.238. The average Bonchev–Trinajstić information content (AvgIpc) is 2.90. The third kappa shape index (κ3) is 4.80. The van der Waals surface area contributed by atoms with Crippen LogP contribution >= 0.6 is 0 Å². The molecule has 0 aliphatic carbocycles. The van der Waals surface area contributed by atoms with Crippen molar-refractivity contribution >= 4 is 11.5 Å². The van der Waals surface area contributed by atoms with Crippen LogP contribution in [0.2, 0.25) is 0 Å². The van der Waals surface area contributed by atoms with Crippen LogP contribution in [0.25, 0.3) is 11.3 Å². The minimum Gasteiger partial charge on any atom is -0.478 e. The molecule has 0 amide bonds. The van der Waals surface area contributed by atoms with Crippen LogP contribution in [-0.4, -0.2) is 20.9 Å². The molecule has 0 saturated heterocycles. The lowest BCUT2D eigenvalue weighted by atomic mass is 10.1. The summed E-state index contributed by atoms with van der Waals surface area (Å²) in [5.74, 6) is -0.939. The number of hydrogen-bond donors (Lipinski definition) is 1. The minimum absolute atomic E-state index is 0.689. The Labute approximate surface area is 148 Å². The normalized spacial score (nSPS) is 12.8. The summed E-state index contributed by atoms with van der Waals surface area (Å²) >= 11 is 0. The fourth-order valence-electron chi connectivity index (χ4n) is 2.53. The number of carboxylic acid groups (broad SMARTS) is 1. The highest BCUT2D eigenvalue weighted by Crippen LogP contribution is 2.21. The Kier molecular flexibility index (Phi) is 5.75. The summed E-state index contributed by atoms with van der Waals surface area (Å²) in [5.41, 5.74) is 7.16. The molecule has 0 unspecified atom stereocenters. The monoisotopic (exact) mass is 336 g/mol. The number of aromatic nitrogens is 2. The number of carboxylic acids is 1. The highest BCUT2D eigenvalue weighted by Gasteiger charge is 2.09. The standard InChI is InChI=1S/C21H24N2O2/c1-14(12-21(24)25)7-6-8-16(3)19-13-18(5)23(22-19)20-11-15(2)9-10-17(20)4/h6-13H,1-5H3,(H,24,25)/b7-6+,14-12+,16-8+. The van der Waals surface area contributed by atoms with Gasteiger partial charge in [-0.25, -0.2) is 9.48 Å². The van der Waals surface area contributed by atoms with Crippen LogP contribution in [-0.2, 0) is 4.79 Å². The quantitative estimate of drug-likeness (QED) is 0.631. The zero-order valence-electron chi connectivity index (χ0n) is 15.4. The van der Waals surface area contributed by atoms with Gasteiger partial charge in [-0.15, -0.1) is 0 Å². The summed E-state index contributed by atoms with van der Waals surface area (Å²) in [6, 6.07) is 8.40. The van der Waals surface area contributed by atoms with E-state index in [4.69, 9.17) is 10.2 Å². The minimum atomic E-state index is -0.939. The van der Waals surface area contributed by atoms with Crippen LogP contribution in [0.3, 0.4) is 0 Å². The van der Waals surface area contributed by atoms with Crippen molar-refractivity contribution in [2.75, 3.05) is 0 Å². The van der Waals surface area contributed by atoms with Gasteiger partial charge in [0, 0.05) is 11.8 Å². The maximum atomic E-state index is 10.6. The van der Waals surface area contributed by atoms with Gasteiger partial charge in [0.25, 0.3) is 0 Å². The number of aryl methyl sites for hydroxylation is 3. The highest BCUT2D eigenvalue weighted by atomic mass is 16.4. The molecule has 4 heteroatoms. The second-order valence-electron chi connectivity index (χ2n) is 6.31. The van der Waals surface area contributed by atoms with E-state index < -0.39 is 5.97 Å². The predicted octanol–water partition coefficient (Wildman–Crippen LogP) is 4.79. The molecule has 0 fully saturated rings. The molecule has 130 valence electrons. The van der Waals surface area contributed by atoms with E-state index >= 15 is 0 Å². The fourth-order valence-corrected chi connectivity index (χ4v) is 2.53. The van der Waals surface area contributed by atoms with Crippen LogP contribution in [0.1, 0.15) is 36.4 Å². The van der Waals surface area contributed by atoms with Crippen molar-refractivity contribution in [1.29, 1.82) is 0 Å². The molecule has 1 aromatic heterocycles. The van der Waals surface area contributed by atoms with Gasteiger partial charge >= 0.3 is 5.97 Å². The second-order valence-corrected chi connectivity index (χ2v) is 6.31. The lowest BCUT2D eigenvalue weighted by Crippen LogP contribution is -2.02. The summed E-state index contributed by atoms with van der Waals surface area (Å²) in [5, 5.41) is 13.4. The van der Waals surface area contributed by atoms with Crippen molar-refractivity contribution in [1.82, 2.24) is 9.78 Å². The number of aliphatic carboxylic acids is 1. The van der Waals surface area contributed by atoms with Gasteiger partial charge in [-0.2, -0.15) is 5.10 Å². The van der Waals surface area contributed by atoms with Crippen LogP contribution in [0.5, 0.6) is 0 Å². The Morgan fingerprint density at radius 2 is 1.88 bits per heavy atom. The van der Waals surface area contributed by atoms with Crippen molar-refractivity contribution in [3.8, 4) is 5.69 Å². The third-order valence-corrected chi connectivity index (χ3v) is 3.94. The molecule has 0 radical (unpaired) electrons. The van der Waals surface area contributed by atoms with Gasteiger partial charge in [0.1, 0.15) is 0 Å². The van der Waals surface area contributed by atoms with Gasteiger partial charge < -0.3 is 5.11 Å². The predicted molar refractivity (Wildman–Crippen MR) is 102 cm³/mol. The number of benzene rings is 1. The van der Waals surface area contributed by atoms with Gasteiger partial charge in [-0.05, 0) is 69.0 Å². The first-order chi connectivity index (χ1) is 11.8. The summed E-state index contributed by atoms with van der Waals surface area (Å²) in [7, 11) is 0. The molecule has 1 N–H and O–H groups in total. The molecule has 0 bridgehead atoms. The first kappa shape index (κ1) is 18.5. The van der Waals surface area contributed by atoms with Gasteiger partial charge in [0.2, 0.25) is 0 Å². The molecule has 25 heavy (non-hydrogen) atoms. The molecule has 0 saturated carbocycles. The van der Waals surface area contributed by atoms with E-state index in [1.165, 1.54) is 17.2 Å². The van der Waals surface area contributed by atoms with Crippen molar-refractivity contribution in [3.63, 3.8) is 0 Å². The third-order valence-electron chi connectivity index (χ3n) is 3.94. The summed E-state index contributed by atoms with van der Waals surface area (Å²) in [6.45, 7) is 9.95. The van der Waals surface area contributed by atoms with Crippen molar-refractivity contribution in [2.24, 2.45) is 0 Å². The molecule has 2 rings (SSSR count). The largest absolute Gasteiger partial charge is 0.478 e. The molecule has 0 aliphatic heterocycles. The molecule has 0 spiro atoms. The second kappa shape index (κ2) is 7.79. The van der Waals surface area contributed by atoms with E-state index in [0.29, 0.717) is 5.57 Å². The van der Waals surface area contributed by atoms with E-state index in [9.17, 15) is 4.79 Å². The summed E-state index contributed by atoms with van der Waals surface area (Å²) < 4.78 is 1.97. The average molecular weight is 336 g/mol. The van der Waals surface area contributed by atoms with Crippen LogP contribution in [0.15, 0.2) is 54.1 Å². The Morgan fingerprint density at radius 3 is 2.56 bits per heavy atom. The Morgan fingerprint density at radius 1 is 1.16 bits per heavy atom. The number of hydrogen-bond acceptors (Lipinski definition) is 2. The Bertz CT molecular complexity index is 883. The first-order valence-corrected chi connectivity index (χ1v) is 8.19. The Balaban J connectivity index is 2.30. The smallest absolute Gasteiger partial charge is 0.328 e. The maximum Gasteiger partial charge on any atom is 0.328 e. The summed E-state index contributed by atoms with van der Waals surface area (Å²) in [6.07, 6.45) is 6.73. The number of nitrogens with zero attached hydrogens (tertiary/aromatic N) is 2. The van der Waals surface area contributed by atoms with E-state index in [1.54, 1.807) is 13.0 Å². The molecule has 4 nitrogen and oxygen atoms in total. The number of allylic oxidation sites excluding steroid dienone is 5. The van der Waals surface area contributed by atoms with Crippen LogP contribution < -0.4 is 0 Å². The first-order valence-electron chi connectivity index (χ1n) is 8.19. The van der Waals surface area contributed by atoms with E-state index in [2.05, 4.69) is 38.1 Å². The van der Waals surface area contributed by atoms with Crippen molar-refractivity contribution < 1.29 is 9.90 Å². The molecular weight excluding hydrogens is 312 g/mol. The molecule has 0 atom stereocenters. The van der Waals surface area contributed by atoms with Crippen LogP contribution in [0.4, 0.5) is 0 Å². The Hall–Kier alpha value is -2.88. The van der Waals surface area contributed by atoms with Gasteiger partial charge in [-0.3, -0.25) is 0 Å². The molecule has 1 aromatic carbocycles. The van der Waals surface area contributed by atoms with E-state index in [-0.39, 0.29) is 0 Å². The number of carbonyl (C=O) groups is 1. The lowest BCUT2D eigenvalue weighted by Gasteiger charge is -2.09. The van der Waals surface area contributed by atoms with E-state index in [1.807, 2.05) is 30.7 Å². The van der Waals surface area contributed by atoms with Gasteiger partial charge in [0.05, 0.1) is 11.4 Å². The lowest BCUT2D eigenvalue weighted by molar-refractivity contribution is -0.131. The topological polar surface area (TPSA) is 55.1 Å². The zero-order valence-corrected chi connectivity index (χ0v) is 15.4. The molecule has 0 aliphatic rings. The summed E-state index contributed by atoms with van der Waals surface area (Å²) in [4.78, 5) is 10.6. The molecule has 2 aromatic rings. The van der Waals surface area contributed by atoms with Gasteiger partial charge in [-0.1, -0.05) is 30.4 Å². The van der Waals surface area contributed by atoms with Crippen LogP contribution in [0, 0.1) is 20.8 Å². The number of rotatable bonds is 5. The van der Waals surface area contributed by atoms with Gasteiger partial charge in [0.15, 0.2) is 0 Å². The SMILES string of the molecule is CC(/C=C/C=C(\C)c1cc(C)n(-c2cc(C)ccc2C)n1)=C\C(=O)O. The van der Waals surface area contributed by atoms with Crippen molar-refractivity contribution in [2.45, 2.75) is 34.6 Å². The zero-order chi connectivity index (χ0) is 18.6. The van der Waals surface area contributed by atoms with E-state index in [0.717, 1.165) is 22.6 Å². The molecule has 1 heterocycles. The highest BCUT2D eigenvalue weighted by molar-refractivity contribution is 5.81. The molecular formula is C21H24N2O2. The van der Waals surface area contributed by atoms with Crippen molar-refractivity contribution in [3.05, 3.63) is 76.7 Å². The maximum absolute atomic E-state index is 10.6.